The average molecular weight is 282 g/mol. The normalized spacial score (nSPS) is 23.1. The molecule has 1 N–H and O–H groups in total. The van der Waals surface area contributed by atoms with Crippen molar-refractivity contribution in [3.05, 3.63) is 11.6 Å². The van der Waals surface area contributed by atoms with E-state index in [0.717, 1.165) is 5.25 Å². The van der Waals surface area contributed by atoms with Crippen LogP contribution in [0.4, 0.5) is 0 Å². The Hall–Kier alpha value is 0.0500. The third-order valence-corrected chi connectivity index (χ3v) is 5.93. The molecule has 0 bridgehead atoms. The van der Waals surface area contributed by atoms with Gasteiger partial charge in [-0.1, -0.05) is 37.8 Å². The van der Waals surface area contributed by atoms with Gasteiger partial charge in [0.2, 0.25) is 0 Å². The van der Waals surface area contributed by atoms with Crippen molar-refractivity contribution >= 4 is 11.8 Å². The van der Waals surface area contributed by atoms with Crippen molar-refractivity contribution in [3.63, 3.8) is 0 Å². The Morgan fingerprint density at radius 2 is 2.05 bits per heavy atom. The zero-order valence-electron chi connectivity index (χ0n) is 12.6. The number of rotatable bonds is 7. The summed E-state index contributed by atoms with van der Waals surface area (Å²) in [5.41, 5.74) is 1.72. The molecule has 2 heteroatoms. The molecule has 0 aliphatic heterocycles. The summed E-state index contributed by atoms with van der Waals surface area (Å²) in [6.45, 7) is 3.45. The van der Waals surface area contributed by atoms with Gasteiger partial charge in [-0.25, -0.2) is 0 Å². The number of thioether (sulfide) groups is 1. The van der Waals surface area contributed by atoms with E-state index in [-0.39, 0.29) is 0 Å². The van der Waals surface area contributed by atoms with E-state index in [1.807, 2.05) is 0 Å². The maximum Gasteiger partial charge on any atom is 0.0370 e. The fraction of sp³-hybridized carbons (Fsp3) is 0.882. The Kier molecular flexibility index (Phi) is 7.37. The number of allylic oxidation sites excluding steroid dienone is 1. The monoisotopic (exact) mass is 281 g/mol. The molecule has 1 saturated carbocycles. The number of hydrogen-bond donors (Lipinski definition) is 1. The SMILES string of the molecule is CCCNC(CSC1CCCC1)C1=CCCCCC1. The molecule has 0 radical (unpaired) electrons. The fourth-order valence-electron chi connectivity index (χ4n) is 3.26. The highest BCUT2D eigenvalue weighted by atomic mass is 32.2. The van der Waals surface area contributed by atoms with Crippen LogP contribution in [0.2, 0.25) is 0 Å². The van der Waals surface area contributed by atoms with E-state index in [1.54, 1.807) is 5.57 Å². The highest BCUT2D eigenvalue weighted by molar-refractivity contribution is 7.99. The number of hydrogen-bond acceptors (Lipinski definition) is 2. The molecule has 1 fully saturated rings. The average Bonchev–Trinajstić information content (AvgIpc) is 2.80. The van der Waals surface area contributed by atoms with E-state index in [4.69, 9.17) is 0 Å². The fourth-order valence-corrected chi connectivity index (χ4v) is 4.72. The first kappa shape index (κ1) is 15.4. The molecule has 1 atom stereocenters. The van der Waals surface area contributed by atoms with Crippen LogP contribution in [0.15, 0.2) is 11.6 Å². The van der Waals surface area contributed by atoms with Crippen LogP contribution in [0.1, 0.15) is 71.1 Å². The third kappa shape index (κ3) is 5.51. The molecule has 110 valence electrons. The zero-order valence-corrected chi connectivity index (χ0v) is 13.4. The first-order valence-corrected chi connectivity index (χ1v) is 9.49. The van der Waals surface area contributed by atoms with Crippen LogP contribution < -0.4 is 5.32 Å². The van der Waals surface area contributed by atoms with E-state index in [9.17, 15) is 0 Å². The van der Waals surface area contributed by atoms with Crippen molar-refractivity contribution < 1.29 is 0 Å². The van der Waals surface area contributed by atoms with Gasteiger partial charge >= 0.3 is 0 Å². The molecule has 0 saturated heterocycles. The molecule has 0 spiro atoms. The van der Waals surface area contributed by atoms with Gasteiger partial charge in [0.05, 0.1) is 0 Å². The largest absolute Gasteiger partial charge is 0.310 e. The molecule has 2 aliphatic carbocycles. The Balaban J connectivity index is 1.83. The molecule has 0 heterocycles. The van der Waals surface area contributed by atoms with Crippen LogP contribution in [-0.2, 0) is 0 Å². The van der Waals surface area contributed by atoms with Gasteiger partial charge in [0.1, 0.15) is 0 Å². The molecule has 0 aromatic rings. The summed E-state index contributed by atoms with van der Waals surface area (Å²) in [5.74, 6) is 1.30. The lowest BCUT2D eigenvalue weighted by Crippen LogP contribution is -2.34. The summed E-state index contributed by atoms with van der Waals surface area (Å²) in [6.07, 6.45) is 16.5. The molecule has 0 amide bonds. The zero-order chi connectivity index (χ0) is 13.3. The van der Waals surface area contributed by atoms with E-state index >= 15 is 0 Å². The standard InChI is InChI=1S/C17H31NS/c1-2-13-18-17(14-19-16-11-7-8-12-16)15-9-5-3-4-6-10-15/h9,16-18H,2-8,10-14H2,1H3. The lowest BCUT2D eigenvalue weighted by Gasteiger charge is -2.23. The van der Waals surface area contributed by atoms with Gasteiger partial charge in [-0.3, -0.25) is 0 Å². The van der Waals surface area contributed by atoms with E-state index in [1.165, 1.54) is 76.5 Å². The van der Waals surface area contributed by atoms with Crippen LogP contribution in [0.3, 0.4) is 0 Å². The minimum absolute atomic E-state index is 0.656. The molecular formula is C17H31NS. The summed E-state index contributed by atoms with van der Waals surface area (Å²) in [7, 11) is 0. The Morgan fingerprint density at radius 3 is 2.84 bits per heavy atom. The Morgan fingerprint density at radius 1 is 1.21 bits per heavy atom. The van der Waals surface area contributed by atoms with Gasteiger partial charge in [0.25, 0.3) is 0 Å². The van der Waals surface area contributed by atoms with Gasteiger partial charge in [-0.2, -0.15) is 11.8 Å². The second kappa shape index (κ2) is 9.07. The van der Waals surface area contributed by atoms with E-state index in [0.29, 0.717) is 6.04 Å². The Bertz CT molecular complexity index is 268. The summed E-state index contributed by atoms with van der Waals surface area (Å²) in [5, 5.41) is 4.76. The lowest BCUT2D eigenvalue weighted by atomic mass is 10.0. The first-order chi connectivity index (χ1) is 9.40. The molecule has 2 aliphatic rings. The summed E-state index contributed by atoms with van der Waals surface area (Å²) in [4.78, 5) is 0. The molecule has 1 unspecified atom stereocenters. The third-order valence-electron chi connectivity index (χ3n) is 4.47. The van der Waals surface area contributed by atoms with Crippen LogP contribution in [0, 0.1) is 0 Å². The summed E-state index contributed by atoms with van der Waals surface area (Å²) >= 11 is 2.24. The van der Waals surface area contributed by atoms with Crippen molar-refractivity contribution in [3.8, 4) is 0 Å². The minimum atomic E-state index is 0.656. The van der Waals surface area contributed by atoms with Crippen LogP contribution in [0.25, 0.3) is 0 Å². The van der Waals surface area contributed by atoms with Crippen LogP contribution in [-0.4, -0.2) is 23.6 Å². The maximum atomic E-state index is 3.80. The first-order valence-electron chi connectivity index (χ1n) is 8.44. The van der Waals surface area contributed by atoms with Gasteiger partial charge in [-0.05, 0) is 51.5 Å². The highest BCUT2D eigenvalue weighted by Crippen LogP contribution is 2.31. The second-order valence-corrected chi connectivity index (χ2v) is 7.46. The molecule has 2 rings (SSSR count). The number of nitrogens with one attached hydrogen (secondary N) is 1. The Labute approximate surface area is 124 Å². The molecule has 1 nitrogen and oxygen atoms in total. The predicted molar refractivity (Wildman–Crippen MR) is 88.0 cm³/mol. The van der Waals surface area contributed by atoms with Crippen molar-refractivity contribution in [2.45, 2.75) is 82.4 Å². The van der Waals surface area contributed by atoms with Crippen LogP contribution >= 0.6 is 11.8 Å². The van der Waals surface area contributed by atoms with Crippen molar-refractivity contribution in [1.29, 1.82) is 0 Å². The van der Waals surface area contributed by atoms with Crippen LogP contribution in [0.5, 0.6) is 0 Å². The summed E-state index contributed by atoms with van der Waals surface area (Å²) in [6, 6.07) is 0.656. The quantitative estimate of drug-likeness (QED) is 0.665. The van der Waals surface area contributed by atoms with Crippen molar-refractivity contribution in [2.24, 2.45) is 0 Å². The molecule has 0 aromatic carbocycles. The topological polar surface area (TPSA) is 12.0 Å². The van der Waals surface area contributed by atoms with E-state index in [2.05, 4.69) is 30.1 Å². The smallest absolute Gasteiger partial charge is 0.0370 e. The van der Waals surface area contributed by atoms with Gasteiger partial charge in [0, 0.05) is 17.0 Å². The van der Waals surface area contributed by atoms with E-state index < -0.39 is 0 Å². The van der Waals surface area contributed by atoms with Crippen molar-refractivity contribution in [1.82, 2.24) is 5.32 Å². The van der Waals surface area contributed by atoms with Crippen molar-refractivity contribution in [2.75, 3.05) is 12.3 Å². The second-order valence-electron chi connectivity index (χ2n) is 6.12. The van der Waals surface area contributed by atoms with Gasteiger partial charge in [0.15, 0.2) is 0 Å². The maximum absolute atomic E-state index is 3.80. The molecule has 0 aromatic heterocycles. The highest BCUT2D eigenvalue weighted by Gasteiger charge is 2.20. The predicted octanol–water partition coefficient (Wildman–Crippen LogP) is 4.92. The lowest BCUT2D eigenvalue weighted by molar-refractivity contribution is 0.583. The van der Waals surface area contributed by atoms with Gasteiger partial charge < -0.3 is 5.32 Å². The summed E-state index contributed by atoms with van der Waals surface area (Å²) < 4.78 is 0. The molecule has 19 heavy (non-hydrogen) atoms. The van der Waals surface area contributed by atoms with Gasteiger partial charge in [-0.15, -0.1) is 0 Å². The molecular weight excluding hydrogens is 250 g/mol. The minimum Gasteiger partial charge on any atom is -0.310 e.